The van der Waals surface area contributed by atoms with Crippen molar-refractivity contribution >= 4 is 10.8 Å². The maximum Gasteiger partial charge on any atom is 0.258 e. The molecule has 1 fully saturated rings. The van der Waals surface area contributed by atoms with E-state index >= 15 is 0 Å². The molecule has 1 heterocycles. The summed E-state index contributed by atoms with van der Waals surface area (Å²) in [5, 5.41) is 1.96. The van der Waals surface area contributed by atoms with Crippen molar-refractivity contribution < 1.29 is 0 Å². The lowest BCUT2D eigenvalue weighted by molar-refractivity contribution is 0.580. The Morgan fingerprint density at radius 3 is 2.28 bits per heavy atom. The van der Waals surface area contributed by atoms with E-state index in [1.54, 1.807) is 0 Å². The summed E-state index contributed by atoms with van der Waals surface area (Å²) >= 11 is 0. The first kappa shape index (κ1) is 11.5. The van der Waals surface area contributed by atoms with Gasteiger partial charge in [0.2, 0.25) is 0 Å². The minimum Gasteiger partial charge on any atom is -0.312 e. The van der Waals surface area contributed by atoms with Crippen LogP contribution < -0.4 is 5.56 Å². The molecule has 0 spiro atoms. The normalized spacial score (nSPS) is 16.2. The molecule has 2 aromatic rings. The fourth-order valence-corrected chi connectivity index (χ4v) is 2.53. The molecule has 94 valence electrons. The number of nitrogens with zero attached hydrogens (tertiary/aromatic N) is 1. The van der Waals surface area contributed by atoms with Crippen LogP contribution in [-0.2, 0) is 5.41 Å². The number of fused-ring (bicyclic) bond motifs is 1. The number of hydrogen-bond donors (Lipinski definition) is 0. The van der Waals surface area contributed by atoms with Crippen molar-refractivity contribution in [3.63, 3.8) is 0 Å². The Morgan fingerprint density at radius 2 is 1.72 bits per heavy atom. The number of pyridine rings is 1. The Kier molecular flexibility index (Phi) is 2.37. The third-order valence-corrected chi connectivity index (χ3v) is 3.70. The van der Waals surface area contributed by atoms with Gasteiger partial charge in [0.05, 0.1) is 0 Å². The molecule has 0 amide bonds. The third-order valence-electron chi connectivity index (χ3n) is 3.70. The van der Waals surface area contributed by atoms with Gasteiger partial charge in [0.15, 0.2) is 0 Å². The number of rotatable bonds is 1. The van der Waals surface area contributed by atoms with Gasteiger partial charge in [-0.2, -0.15) is 0 Å². The zero-order valence-electron chi connectivity index (χ0n) is 11.2. The van der Waals surface area contributed by atoms with Crippen LogP contribution in [0, 0.1) is 0 Å². The predicted molar refractivity (Wildman–Crippen MR) is 75.2 cm³/mol. The molecule has 0 N–H and O–H groups in total. The molecule has 1 aromatic carbocycles. The molecule has 0 atom stereocenters. The van der Waals surface area contributed by atoms with E-state index in [2.05, 4.69) is 33.0 Å². The monoisotopic (exact) mass is 241 g/mol. The van der Waals surface area contributed by atoms with Gasteiger partial charge in [-0.3, -0.25) is 4.79 Å². The van der Waals surface area contributed by atoms with Gasteiger partial charge in [-0.1, -0.05) is 39.0 Å². The molecule has 1 aromatic heterocycles. The highest BCUT2D eigenvalue weighted by atomic mass is 16.1. The first-order valence-corrected chi connectivity index (χ1v) is 6.63. The Labute approximate surface area is 107 Å². The topological polar surface area (TPSA) is 22.0 Å². The Balaban J connectivity index is 2.40. The maximum atomic E-state index is 12.5. The summed E-state index contributed by atoms with van der Waals surface area (Å²) in [6.45, 7) is 6.61. The highest BCUT2D eigenvalue weighted by Gasteiger charge is 2.27. The van der Waals surface area contributed by atoms with E-state index in [9.17, 15) is 4.79 Å². The van der Waals surface area contributed by atoms with Crippen LogP contribution in [0.3, 0.4) is 0 Å². The van der Waals surface area contributed by atoms with Gasteiger partial charge in [-0.05, 0) is 35.3 Å². The van der Waals surface area contributed by atoms with Gasteiger partial charge in [0.1, 0.15) is 0 Å². The SMILES string of the molecule is CC(C)(C)c1cn(C2CC2)c(=O)c2ccccc12. The second-order valence-corrected chi connectivity index (χ2v) is 6.28. The van der Waals surface area contributed by atoms with E-state index in [-0.39, 0.29) is 11.0 Å². The molecule has 1 aliphatic rings. The Bertz CT molecular complexity index is 657. The molecule has 1 saturated carbocycles. The summed E-state index contributed by atoms with van der Waals surface area (Å²) in [6.07, 6.45) is 4.37. The molecule has 0 saturated heterocycles. The fraction of sp³-hybridized carbons (Fsp3) is 0.438. The summed E-state index contributed by atoms with van der Waals surface area (Å²) < 4.78 is 1.95. The largest absolute Gasteiger partial charge is 0.312 e. The van der Waals surface area contributed by atoms with Crippen LogP contribution in [0.1, 0.15) is 45.2 Å². The minimum absolute atomic E-state index is 0.0595. The molecule has 2 heteroatoms. The van der Waals surface area contributed by atoms with Crippen molar-refractivity contribution in [2.75, 3.05) is 0 Å². The number of hydrogen-bond acceptors (Lipinski definition) is 1. The molecule has 2 nitrogen and oxygen atoms in total. The van der Waals surface area contributed by atoms with E-state index in [4.69, 9.17) is 0 Å². The molecule has 18 heavy (non-hydrogen) atoms. The Morgan fingerprint density at radius 1 is 1.11 bits per heavy atom. The highest BCUT2D eigenvalue weighted by Crippen LogP contribution is 2.36. The van der Waals surface area contributed by atoms with E-state index in [1.807, 2.05) is 22.8 Å². The molecule has 3 rings (SSSR count). The van der Waals surface area contributed by atoms with Crippen molar-refractivity contribution in [1.29, 1.82) is 0 Å². The zero-order chi connectivity index (χ0) is 12.9. The fourth-order valence-electron chi connectivity index (χ4n) is 2.53. The smallest absolute Gasteiger partial charge is 0.258 e. The number of aromatic nitrogens is 1. The Hall–Kier alpha value is -1.57. The van der Waals surface area contributed by atoms with Crippen LogP contribution in [0.25, 0.3) is 10.8 Å². The average Bonchev–Trinajstić information content (AvgIpc) is 3.12. The molecule has 0 aliphatic heterocycles. The van der Waals surface area contributed by atoms with Crippen molar-refractivity contribution in [2.24, 2.45) is 0 Å². The van der Waals surface area contributed by atoms with Gasteiger partial charge >= 0.3 is 0 Å². The molecular weight excluding hydrogens is 222 g/mol. The van der Waals surface area contributed by atoms with Gasteiger partial charge < -0.3 is 4.57 Å². The summed E-state index contributed by atoms with van der Waals surface area (Å²) in [6, 6.07) is 8.41. The van der Waals surface area contributed by atoms with E-state index in [0.717, 1.165) is 23.6 Å². The van der Waals surface area contributed by atoms with Crippen molar-refractivity contribution in [3.05, 3.63) is 46.4 Å². The molecule has 1 aliphatic carbocycles. The summed E-state index contributed by atoms with van der Waals surface area (Å²) in [4.78, 5) is 12.5. The van der Waals surface area contributed by atoms with E-state index in [0.29, 0.717) is 6.04 Å². The summed E-state index contributed by atoms with van der Waals surface area (Å²) in [5.41, 5.74) is 1.50. The highest BCUT2D eigenvalue weighted by molar-refractivity contribution is 5.85. The minimum atomic E-state index is 0.0595. The maximum absolute atomic E-state index is 12.5. The second-order valence-electron chi connectivity index (χ2n) is 6.28. The predicted octanol–water partition coefficient (Wildman–Crippen LogP) is 3.63. The van der Waals surface area contributed by atoms with Crippen LogP contribution >= 0.6 is 0 Å². The third kappa shape index (κ3) is 1.76. The van der Waals surface area contributed by atoms with Gasteiger partial charge in [0, 0.05) is 17.6 Å². The first-order chi connectivity index (χ1) is 8.48. The number of benzene rings is 1. The first-order valence-electron chi connectivity index (χ1n) is 6.63. The van der Waals surface area contributed by atoms with Crippen LogP contribution in [0.5, 0.6) is 0 Å². The van der Waals surface area contributed by atoms with Crippen molar-refractivity contribution in [3.8, 4) is 0 Å². The zero-order valence-corrected chi connectivity index (χ0v) is 11.2. The van der Waals surface area contributed by atoms with E-state index in [1.165, 1.54) is 5.56 Å². The van der Waals surface area contributed by atoms with Crippen LogP contribution in [0.4, 0.5) is 0 Å². The van der Waals surface area contributed by atoms with Gasteiger partial charge in [0.25, 0.3) is 5.56 Å². The quantitative estimate of drug-likeness (QED) is 0.747. The van der Waals surface area contributed by atoms with Crippen LogP contribution in [0.2, 0.25) is 0 Å². The van der Waals surface area contributed by atoms with Gasteiger partial charge in [-0.15, -0.1) is 0 Å². The molecular formula is C16H19NO. The van der Waals surface area contributed by atoms with E-state index < -0.39 is 0 Å². The van der Waals surface area contributed by atoms with Crippen molar-refractivity contribution in [2.45, 2.75) is 45.1 Å². The lowest BCUT2D eigenvalue weighted by Gasteiger charge is -2.23. The standard InChI is InChI=1S/C16H19NO/c1-16(2,3)14-10-17(11-8-9-11)15(18)13-7-5-4-6-12(13)14/h4-7,10-11H,8-9H2,1-3H3. The average molecular weight is 241 g/mol. The molecule has 0 bridgehead atoms. The van der Waals surface area contributed by atoms with Crippen molar-refractivity contribution in [1.82, 2.24) is 4.57 Å². The molecule has 0 unspecified atom stereocenters. The summed E-state index contributed by atoms with van der Waals surface area (Å²) in [5.74, 6) is 0. The second kappa shape index (κ2) is 3.71. The van der Waals surface area contributed by atoms with Crippen LogP contribution in [-0.4, -0.2) is 4.57 Å². The van der Waals surface area contributed by atoms with Crippen LogP contribution in [0.15, 0.2) is 35.3 Å². The van der Waals surface area contributed by atoms with Gasteiger partial charge in [-0.25, -0.2) is 0 Å². The lowest BCUT2D eigenvalue weighted by atomic mass is 9.85. The molecule has 0 radical (unpaired) electrons. The lowest BCUT2D eigenvalue weighted by Crippen LogP contribution is -2.23. The summed E-state index contributed by atoms with van der Waals surface area (Å²) in [7, 11) is 0.